The van der Waals surface area contributed by atoms with Crippen molar-refractivity contribution in [1.29, 1.82) is 0 Å². The summed E-state index contributed by atoms with van der Waals surface area (Å²) in [5, 5.41) is 2.91. The molecular weight excluding hydrogens is 438 g/mol. The Morgan fingerprint density at radius 2 is 1.58 bits per heavy atom. The van der Waals surface area contributed by atoms with E-state index in [-0.39, 0.29) is 12.5 Å². The Bertz CT molecular complexity index is 1170. The van der Waals surface area contributed by atoms with E-state index >= 15 is 0 Å². The topological polar surface area (TPSA) is 79.0 Å². The molecule has 0 spiro atoms. The molecule has 1 N–H and O–H groups in total. The SMILES string of the molecule is CS(=O)(=O)N(Cc1ccc(C(=O)Nc2ccc(N3CCOCC3)cc2)cc1)c1ccccc1. The number of carbonyl (C=O) groups is 1. The highest BCUT2D eigenvalue weighted by Gasteiger charge is 2.18. The number of ether oxygens (including phenoxy) is 1. The van der Waals surface area contributed by atoms with Gasteiger partial charge in [0.1, 0.15) is 0 Å². The van der Waals surface area contributed by atoms with E-state index < -0.39 is 10.0 Å². The Morgan fingerprint density at radius 3 is 2.18 bits per heavy atom. The van der Waals surface area contributed by atoms with E-state index in [0.717, 1.165) is 37.6 Å². The number of nitrogens with zero attached hydrogens (tertiary/aromatic N) is 2. The van der Waals surface area contributed by atoms with Crippen LogP contribution in [0, 0.1) is 0 Å². The number of sulfonamides is 1. The lowest BCUT2D eigenvalue weighted by molar-refractivity contribution is 0.102. The van der Waals surface area contributed by atoms with Crippen molar-refractivity contribution < 1.29 is 17.9 Å². The number of amides is 1. The largest absolute Gasteiger partial charge is 0.378 e. The Morgan fingerprint density at radius 1 is 0.939 bits per heavy atom. The standard InChI is InChI=1S/C25H27N3O4S/c1-33(30,31)28(24-5-3-2-4-6-24)19-20-7-9-21(10-8-20)25(29)26-22-11-13-23(14-12-22)27-15-17-32-18-16-27/h2-14H,15-19H2,1H3,(H,26,29). The number of nitrogens with one attached hydrogen (secondary N) is 1. The summed E-state index contributed by atoms with van der Waals surface area (Å²) in [5.41, 5.74) is 3.71. The van der Waals surface area contributed by atoms with Crippen LogP contribution in [0.5, 0.6) is 0 Å². The maximum atomic E-state index is 12.7. The fourth-order valence-electron chi connectivity index (χ4n) is 3.70. The summed E-state index contributed by atoms with van der Waals surface area (Å²) in [6, 6.07) is 23.7. The minimum Gasteiger partial charge on any atom is -0.378 e. The normalized spacial score (nSPS) is 14.0. The van der Waals surface area contributed by atoms with Crippen molar-refractivity contribution >= 4 is 33.0 Å². The minimum absolute atomic E-state index is 0.188. The van der Waals surface area contributed by atoms with Gasteiger partial charge in [-0.25, -0.2) is 8.42 Å². The fraction of sp³-hybridized carbons (Fsp3) is 0.240. The van der Waals surface area contributed by atoms with Crippen molar-refractivity contribution in [3.63, 3.8) is 0 Å². The molecule has 8 heteroatoms. The van der Waals surface area contributed by atoms with Gasteiger partial charge in [-0.1, -0.05) is 30.3 Å². The first kappa shape index (κ1) is 22.8. The molecule has 0 aromatic heterocycles. The van der Waals surface area contributed by atoms with Gasteiger partial charge in [-0.05, 0) is 54.1 Å². The van der Waals surface area contributed by atoms with E-state index in [2.05, 4.69) is 10.2 Å². The van der Waals surface area contributed by atoms with E-state index in [1.54, 1.807) is 48.5 Å². The van der Waals surface area contributed by atoms with E-state index in [1.807, 2.05) is 30.3 Å². The number of morpholine rings is 1. The highest BCUT2D eigenvalue weighted by Crippen LogP contribution is 2.22. The molecule has 0 aliphatic carbocycles. The summed E-state index contributed by atoms with van der Waals surface area (Å²) in [5.74, 6) is -0.219. The van der Waals surface area contributed by atoms with Crippen LogP contribution in [0.2, 0.25) is 0 Å². The third-order valence-electron chi connectivity index (χ3n) is 5.49. The van der Waals surface area contributed by atoms with Crippen LogP contribution in [-0.4, -0.2) is 46.9 Å². The molecule has 172 valence electrons. The van der Waals surface area contributed by atoms with Crippen molar-refractivity contribution in [2.45, 2.75) is 6.54 Å². The molecule has 0 radical (unpaired) electrons. The predicted octanol–water partition coefficient (Wildman–Crippen LogP) is 3.74. The zero-order chi connectivity index (χ0) is 23.3. The lowest BCUT2D eigenvalue weighted by Crippen LogP contribution is -2.36. The smallest absolute Gasteiger partial charge is 0.255 e. The summed E-state index contributed by atoms with van der Waals surface area (Å²) >= 11 is 0. The molecule has 0 atom stereocenters. The number of hydrogen-bond donors (Lipinski definition) is 1. The Balaban J connectivity index is 1.40. The molecule has 1 fully saturated rings. The quantitative estimate of drug-likeness (QED) is 0.575. The summed E-state index contributed by atoms with van der Waals surface area (Å²) in [4.78, 5) is 14.9. The second-order valence-corrected chi connectivity index (χ2v) is 9.81. The van der Waals surface area contributed by atoms with Crippen molar-refractivity contribution in [2.24, 2.45) is 0 Å². The molecule has 0 saturated carbocycles. The fourth-order valence-corrected chi connectivity index (χ4v) is 4.59. The van der Waals surface area contributed by atoms with E-state index in [9.17, 15) is 13.2 Å². The molecule has 0 unspecified atom stereocenters. The van der Waals surface area contributed by atoms with Crippen molar-refractivity contribution in [1.82, 2.24) is 0 Å². The van der Waals surface area contributed by atoms with Crippen LogP contribution in [-0.2, 0) is 21.3 Å². The molecule has 33 heavy (non-hydrogen) atoms. The Kier molecular flexibility index (Phi) is 6.96. The maximum absolute atomic E-state index is 12.7. The minimum atomic E-state index is -3.45. The van der Waals surface area contributed by atoms with Gasteiger partial charge in [0.15, 0.2) is 0 Å². The Hall–Kier alpha value is -3.36. The molecule has 3 aromatic rings. The third-order valence-corrected chi connectivity index (χ3v) is 6.63. The van der Waals surface area contributed by atoms with Gasteiger partial charge in [-0.3, -0.25) is 9.10 Å². The molecule has 4 rings (SSSR count). The average Bonchev–Trinajstić information content (AvgIpc) is 2.84. The van der Waals surface area contributed by atoms with Gasteiger partial charge in [0.25, 0.3) is 5.91 Å². The molecule has 1 aliphatic rings. The van der Waals surface area contributed by atoms with Gasteiger partial charge >= 0.3 is 0 Å². The summed E-state index contributed by atoms with van der Waals surface area (Å²) in [6.45, 7) is 3.36. The van der Waals surface area contributed by atoms with Crippen molar-refractivity contribution in [2.75, 3.05) is 47.1 Å². The molecular formula is C25H27N3O4S. The average molecular weight is 466 g/mol. The van der Waals surface area contributed by atoms with Gasteiger partial charge in [-0.15, -0.1) is 0 Å². The third kappa shape index (κ3) is 5.91. The highest BCUT2D eigenvalue weighted by atomic mass is 32.2. The molecule has 0 bridgehead atoms. The molecule has 1 aliphatic heterocycles. The van der Waals surface area contributed by atoms with Crippen molar-refractivity contribution in [3.05, 3.63) is 90.0 Å². The lowest BCUT2D eigenvalue weighted by Gasteiger charge is -2.28. The molecule has 1 heterocycles. The first-order valence-electron chi connectivity index (χ1n) is 10.8. The number of benzene rings is 3. The lowest BCUT2D eigenvalue weighted by atomic mass is 10.1. The number of rotatable bonds is 7. The van der Waals surface area contributed by atoms with Gasteiger partial charge in [-0.2, -0.15) is 0 Å². The van der Waals surface area contributed by atoms with Gasteiger partial charge < -0.3 is 15.0 Å². The van der Waals surface area contributed by atoms with Crippen LogP contribution in [0.1, 0.15) is 15.9 Å². The summed E-state index contributed by atoms with van der Waals surface area (Å²) in [6.07, 6.45) is 1.19. The molecule has 7 nitrogen and oxygen atoms in total. The van der Waals surface area contributed by atoms with Crippen LogP contribution in [0.25, 0.3) is 0 Å². The first-order chi connectivity index (χ1) is 15.9. The second kappa shape index (κ2) is 10.1. The second-order valence-electron chi connectivity index (χ2n) is 7.90. The molecule has 1 saturated heterocycles. The maximum Gasteiger partial charge on any atom is 0.255 e. The van der Waals surface area contributed by atoms with E-state index in [4.69, 9.17) is 4.74 Å². The van der Waals surface area contributed by atoms with Crippen molar-refractivity contribution in [3.8, 4) is 0 Å². The number of hydrogen-bond acceptors (Lipinski definition) is 5. The van der Waals surface area contributed by atoms with E-state index in [0.29, 0.717) is 16.9 Å². The van der Waals surface area contributed by atoms with Gasteiger partial charge in [0.05, 0.1) is 31.7 Å². The molecule has 3 aromatic carbocycles. The monoisotopic (exact) mass is 465 g/mol. The zero-order valence-corrected chi connectivity index (χ0v) is 19.3. The molecule has 1 amide bonds. The number of carbonyl (C=O) groups excluding carboxylic acids is 1. The van der Waals surface area contributed by atoms with Crippen LogP contribution >= 0.6 is 0 Å². The number of anilines is 3. The van der Waals surface area contributed by atoms with Gasteiger partial charge in [0.2, 0.25) is 10.0 Å². The van der Waals surface area contributed by atoms with Gasteiger partial charge in [0, 0.05) is 30.0 Å². The van der Waals surface area contributed by atoms with Crippen LogP contribution in [0.3, 0.4) is 0 Å². The van der Waals surface area contributed by atoms with Crippen LogP contribution in [0.15, 0.2) is 78.9 Å². The predicted molar refractivity (Wildman–Crippen MR) is 131 cm³/mol. The van der Waals surface area contributed by atoms with E-state index in [1.165, 1.54) is 10.6 Å². The summed E-state index contributed by atoms with van der Waals surface area (Å²) < 4.78 is 31.3. The highest BCUT2D eigenvalue weighted by molar-refractivity contribution is 7.92. The summed E-state index contributed by atoms with van der Waals surface area (Å²) in [7, 11) is -3.45. The van der Waals surface area contributed by atoms with Crippen LogP contribution in [0.4, 0.5) is 17.1 Å². The zero-order valence-electron chi connectivity index (χ0n) is 18.5. The first-order valence-corrected chi connectivity index (χ1v) is 12.6. The number of para-hydroxylation sites is 1. The van der Waals surface area contributed by atoms with Crippen LogP contribution < -0.4 is 14.5 Å². The Labute approximate surface area is 194 Å².